The monoisotopic (exact) mass is 307 g/mol. The third-order valence-electron chi connectivity index (χ3n) is 4.93. The molecule has 21 heavy (non-hydrogen) atoms. The van der Waals surface area contributed by atoms with E-state index in [2.05, 4.69) is 15.6 Å². The fourth-order valence-electron chi connectivity index (χ4n) is 3.60. The molecule has 4 rings (SSSR count). The number of hydrogen-bond donors (Lipinski definition) is 1. The van der Waals surface area contributed by atoms with Gasteiger partial charge in [0.2, 0.25) is 0 Å². The first-order valence-corrected chi connectivity index (χ1v) is 9.29. The molecule has 0 bridgehead atoms. The quantitative estimate of drug-likeness (QED) is 0.907. The van der Waals surface area contributed by atoms with Crippen molar-refractivity contribution in [3.05, 3.63) is 16.1 Å². The van der Waals surface area contributed by atoms with E-state index in [9.17, 15) is 0 Å². The maximum absolute atomic E-state index is 5.96. The summed E-state index contributed by atoms with van der Waals surface area (Å²) in [6, 6.07) is 1.39. The molecule has 3 aliphatic rings. The van der Waals surface area contributed by atoms with E-state index in [-0.39, 0.29) is 0 Å². The lowest BCUT2D eigenvalue weighted by molar-refractivity contribution is -0.0914. The Hall–Kier alpha value is -0.490. The Bertz CT molecular complexity index is 472. The summed E-state index contributed by atoms with van der Waals surface area (Å²) in [5, 5.41) is 7.04. The Kier molecular flexibility index (Phi) is 4.25. The number of aromatic nitrogens is 1. The van der Waals surface area contributed by atoms with Crippen LogP contribution in [-0.4, -0.2) is 41.2 Å². The van der Waals surface area contributed by atoms with Crippen LogP contribution in [0.5, 0.6) is 0 Å². The van der Waals surface area contributed by atoms with Gasteiger partial charge in [-0.3, -0.25) is 4.90 Å². The molecule has 0 aromatic carbocycles. The van der Waals surface area contributed by atoms with E-state index in [1.54, 1.807) is 11.3 Å². The van der Waals surface area contributed by atoms with Crippen molar-refractivity contribution in [3.8, 4) is 0 Å². The van der Waals surface area contributed by atoms with Gasteiger partial charge in [-0.05, 0) is 25.7 Å². The maximum atomic E-state index is 5.96. The molecule has 1 aromatic rings. The van der Waals surface area contributed by atoms with Crippen molar-refractivity contribution in [1.29, 1.82) is 0 Å². The minimum Gasteiger partial charge on any atom is -0.375 e. The predicted molar refractivity (Wildman–Crippen MR) is 84.4 cm³/mol. The van der Waals surface area contributed by atoms with E-state index >= 15 is 0 Å². The van der Waals surface area contributed by atoms with Gasteiger partial charge in [0.05, 0.1) is 18.4 Å². The van der Waals surface area contributed by atoms with E-state index in [0.29, 0.717) is 12.1 Å². The molecule has 4 nitrogen and oxygen atoms in total. The summed E-state index contributed by atoms with van der Waals surface area (Å²) in [7, 11) is 0. The van der Waals surface area contributed by atoms with Crippen molar-refractivity contribution >= 4 is 11.3 Å². The van der Waals surface area contributed by atoms with E-state index in [0.717, 1.165) is 32.3 Å². The second kappa shape index (κ2) is 6.32. The molecule has 2 unspecified atom stereocenters. The second-order valence-electron chi connectivity index (χ2n) is 6.62. The first kappa shape index (κ1) is 14.1. The minimum atomic E-state index is 0.474. The average molecular weight is 307 g/mol. The highest BCUT2D eigenvalue weighted by atomic mass is 32.1. The highest BCUT2D eigenvalue weighted by molar-refractivity contribution is 7.09. The maximum Gasteiger partial charge on any atom is 0.107 e. The van der Waals surface area contributed by atoms with Crippen molar-refractivity contribution in [2.45, 2.75) is 69.8 Å². The van der Waals surface area contributed by atoms with Gasteiger partial charge in [0.15, 0.2) is 0 Å². The zero-order valence-corrected chi connectivity index (χ0v) is 13.4. The van der Waals surface area contributed by atoms with Crippen LogP contribution < -0.4 is 5.32 Å². The van der Waals surface area contributed by atoms with Crippen LogP contribution in [0.25, 0.3) is 0 Å². The summed E-state index contributed by atoms with van der Waals surface area (Å²) < 4.78 is 5.96. The van der Waals surface area contributed by atoms with Crippen LogP contribution in [-0.2, 0) is 17.8 Å². The third-order valence-corrected chi connectivity index (χ3v) is 5.83. The van der Waals surface area contributed by atoms with Crippen LogP contribution in [0.3, 0.4) is 0 Å². The fourth-order valence-corrected chi connectivity index (χ4v) is 4.34. The van der Waals surface area contributed by atoms with Crippen molar-refractivity contribution < 1.29 is 4.74 Å². The zero-order chi connectivity index (χ0) is 14.1. The molecule has 0 radical (unpaired) electrons. The topological polar surface area (TPSA) is 37.4 Å². The molecule has 2 heterocycles. The summed E-state index contributed by atoms with van der Waals surface area (Å²) in [4.78, 5) is 7.43. The standard InChI is InChI=1S/C16H25N3OS/c1-2-4-15-14(3-1)19(7-8-20-15)10-13-11-21-16(18-13)9-17-12-5-6-12/h11-12,14-15,17H,1-10H2. The van der Waals surface area contributed by atoms with Gasteiger partial charge in [-0.1, -0.05) is 12.8 Å². The van der Waals surface area contributed by atoms with Crippen LogP contribution in [0.15, 0.2) is 5.38 Å². The average Bonchev–Trinajstić information content (AvgIpc) is 3.25. The Morgan fingerprint density at radius 1 is 1.29 bits per heavy atom. The van der Waals surface area contributed by atoms with Gasteiger partial charge < -0.3 is 10.1 Å². The number of hydrogen-bond acceptors (Lipinski definition) is 5. The Balaban J connectivity index is 1.35. The number of nitrogens with zero attached hydrogens (tertiary/aromatic N) is 2. The third kappa shape index (κ3) is 3.47. The molecule has 0 spiro atoms. The number of morpholine rings is 1. The van der Waals surface area contributed by atoms with Crippen LogP contribution >= 0.6 is 11.3 Å². The Morgan fingerprint density at radius 3 is 3.10 bits per heavy atom. The van der Waals surface area contributed by atoms with Crippen LogP contribution in [0.4, 0.5) is 0 Å². The van der Waals surface area contributed by atoms with E-state index in [4.69, 9.17) is 9.72 Å². The van der Waals surface area contributed by atoms with Crippen molar-refractivity contribution in [3.63, 3.8) is 0 Å². The number of rotatable bonds is 5. The summed E-state index contributed by atoms with van der Waals surface area (Å²) in [6.07, 6.45) is 8.39. The van der Waals surface area contributed by atoms with Gasteiger partial charge in [0.1, 0.15) is 5.01 Å². The van der Waals surface area contributed by atoms with Crippen LogP contribution in [0, 0.1) is 0 Å². The first-order chi connectivity index (χ1) is 10.4. The molecule has 5 heteroatoms. The van der Waals surface area contributed by atoms with Gasteiger partial charge in [0.25, 0.3) is 0 Å². The number of nitrogens with one attached hydrogen (secondary N) is 1. The van der Waals surface area contributed by atoms with E-state index in [1.165, 1.54) is 49.2 Å². The normalized spacial score (nSPS) is 30.3. The molecule has 1 aromatic heterocycles. The number of fused-ring (bicyclic) bond motifs is 1. The molecule has 3 fully saturated rings. The lowest BCUT2D eigenvalue weighted by atomic mass is 9.90. The molecular formula is C16H25N3OS. The van der Waals surface area contributed by atoms with Gasteiger partial charge in [0, 0.05) is 37.1 Å². The molecule has 116 valence electrons. The van der Waals surface area contributed by atoms with Gasteiger partial charge in [-0.2, -0.15) is 0 Å². The molecular weight excluding hydrogens is 282 g/mol. The molecule has 1 aliphatic heterocycles. The van der Waals surface area contributed by atoms with Crippen molar-refractivity contribution in [1.82, 2.24) is 15.2 Å². The SMILES string of the molecule is c1sc(CNC2CC2)nc1CN1CCOC2CCCCC21. The Morgan fingerprint density at radius 2 is 2.19 bits per heavy atom. The highest BCUT2D eigenvalue weighted by Gasteiger charge is 2.34. The zero-order valence-electron chi connectivity index (χ0n) is 12.6. The molecule has 1 saturated heterocycles. The predicted octanol–water partition coefficient (Wildman–Crippen LogP) is 2.54. The summed E-state index contributed by atoms with van der Waals surface area (Å²) >= 11 is 1.81. The highest BCUT2D eigenvalue weighted by Crippen LogP contribution is 2.29. The lowest BCUT2D eigenvalue weighted by Crippen LogP contribution is -2.52. The number of thiazole rings is 1. The smallest absolute Gasteiger partial charge is 0.107 e. The second-order valence-corrected chi connectivity index (χ2v) is 7.56. The van der Waals surface area contributed by atoms with Crippen LogP contribution in [0.2, 0.25) is 0 Å². The molecule has 2 atom stereocenters. The minimum absolute atomic E-state index is 0.474. The van der Waals surface area contributed by atoms with Crippen molar-refractivity contribution in [2.75, 3.05) is 13.2 Å². The number of ether oxygens (including phenoxy) is 1. The van der Waals surface area contributed by atoms with Gasteiger partial charge >= 0.3 is 0 Å². The summed E-state index contributed by atoms with van der Waals surface area (Å²) in [5.74, 6) is 0. The lowest BCUT2D eigenvalue weighted by Gasteiger charge is -2.43. The van der Waals surface area contributed by atoms with E-state index in [1.807, 2.05) is 0 Å². The molecule has 1 N–H and O–H groups in total. The fraction of sp³-hybridized carbons (Fsp3) is 0.812. The van der Waals surface area contributed by atoms with Gasteiger partial charge in [-0.25, -0.2) is 4.98 Å². The summed E-state index contributed by atoms with van der Waals surface area (Å²) in [6.45, 7) is 3.91. The van der Waals surface area contributed by atoms with E-state index < -0.39 is 0 Å². The summed E-state index contributed by atoms with van der Waals surface area (Å²) in [5.41, 5.74) is 1.25. The van der Waals surface area contributed by atoms with Crippen molar-refractivity contribution in [2.24, 2.45) is 0 Å². The Labute approximate surface area is 130 Å². The van der Waals surface area contributed by atoms with Gasteiger partial charge in [-0.15, -0.1) is 11.3 Å². The van der Waals surface area contributed by atoms with Crippen LogP contribution in [0.1, 0.15) is 49.2 Å². The molecule has 2 saturated carbocycles. The first-order valence-electron chi connectivity index (χ1n) is 8.41. The molecule has 0 amide bonds. The largest absolute Gasteiger partial charge is 0.375 e. The molecule has 2 aliphatic carbocycles.